The molecule has 122 valence electrons. The second kappa shape index (κ2) is 7.54. The third kappa shape index (κ3) is 5.60. The summed E-state index contributed by atoms with van der Waals surface area (Å²) in [6, 6.07) is 0.410. The Labute approximate surface area is 132 Å². The molecule has 1 aromatic rings. The van der Waals surface area contributed by atoms with Gasteiger partial charge in [-0.3, -0.25) is 0 Å². The Morgan fingerprint density at radius 3 is 2.73 bits per heavy atom. The highest BCUT2D eigenvalue weighted by atomic mass is 16.6. The number of aromatic nitrogens is 2. The first-order valence-corrected chi connectivity index (χ1v) is 7.89. The number of likely N-dealkylation sites (tertiary alicyclic amines) is 1. The van der Waals surface area contributed by atoms with Gasteiger partial charge in [0.15, 0.2) is 0 Å². The molecular weight excluding hydrogens is 280 g/mol. The minimum Gasteiger partial charge on any atom is -0.444 e. The third-order valence-electron chi connectivity index (χ3n) is 3.59. The van der Waals surface area contributed by atoms with Crippen molar-refractivity contribution in [1.29, 1.82) is 0 Å². The summed E-state index contributed by atoms with van der Waals surface area (Å²) in [5.74, 6) is 0. The van der Waals surface area contributed by atoms with E-state index >= 15 is 0 Å². The number of hydrogen-bond acceptors (Lipinski definition) is 5. The molecule has 0 aliphatic carbocycles. The second-order valence-electron chi connectivity index (χ2n) is 6.72. The molecule has 1 N–H and O–H groups in total. The first-order valence-electron chi connectivity index (χ1n) is 7.89. The fourth-order valence-electron chi connectivity index (χ4n) is 2.49. The molecule has 2 rings (SSSR count). The molecule has 1 aliphatic rings. The number of carbonyl (C=O) groups excluding carboxylic acids is 1. The molecule has 0 aromatic carbocycles. The van der Waals surface area contributed by atoms with Gasteiger partial charge in [-0.2, -0.15) is 0 Å². The van der Waals surface area contributed by atoms with Crippen LogP contribution in [0, 0.1) is 0 Å². The quantitative estimate of drug-likeness (QED) is 0.928. The highest BCUT2D eigenvalue weighted by Crippen LogP contribution is 2.15. The normalized spacial score (nSPS) is 19.6. The van der Waals surface area contributed by atoms with Crippen molar-refractivity contribution in [1.82, 2.24) is 20.2 Å². The number of nitrogens with one attached hydrogen (secondary N) is 1. The predicted molar refractivity (Wildman–Crippen MR) is 84.3 cm³/mol. The zero-order valence-corrected chi connectivity index (χ0v) is 13.7. The van der Waals surface area contributed by atoms with Crippen LogP contribution >= 0.6 is 0 Å². The molecule has 0 spiro atoms. The van der Waals surface area contributed by atoms with Gasteiger partial charge in [0.2, 0.25) is 0 Å². The highest BCUT2D eigenvalue weighted by Gasteiger charge is 2.24. The van der Waals surface area contributed by atoms with Gasteiger partial charge in [0.1, 0.15) is 11.9 Å². The van der Waals surface area contributed by atoms with E-state index in [2.05, 4.69) is 15.3 Å². The average Bonchev–Trinajstić information content (AvgIpc) is 2.70. The van der Waals surface area contributed by atoms with Crippen LogP contribution in [0.3, 0.4) is 0 Å². The third-order valence-corrected chi connectivity index (χ3v) is 3.59. The van der Waals surface area contributed by atoms with Gasteiger partial charge in [-0.05, 0) is 40.0 Å². The maximum Gasteiger partial charge on any atom is 0.410 e. The summed E-state index contributed by atoms with van der Waals surface area (Å²) >= 11 is 0. The Morgan fingerprint density at radius 1 is 1.32 bits per heavy atom. The number of hydrogen-bond donors (Lipinski definition) is 1. The van der Waals surface area contributed by atoms with Crippen molar-refractivity contribution in [3.8, 4) is 0 Å². The van der Waals surface area contributed by atoms with Gasteiger partial charge in [0, 0.05) is 43.6 Å². The van der Waals surface area contributed by atoms with Crippen molar-refractivity contribution >= 4 is 6.09 Å². The lowest BCUT2D eigenvalue weighted by atomic mass is 10.1. The first kappa shape index (κ1) is 16.7. The lowest BCUT2D eigenvalue weighted by Crippen LogP contribution is -2.38. The number of carbonyl (C=O) groups is 1. The standard InChI is InChI=1S/C16H26N4O2/c1-16(2,3)22-15(21)20-7-4-5-14(6-8-20)19-11-13-9-17-12-18-10-13/h9-10,12,14,19H,4-8,11H2,1-3H3/t14-/m0/s1. The van der Waals surface area contributed by atoms with Crippen LogP contribution in [0.1, 0.15) is 45.6 Å². The molecule has 0 saturated carbocycles. The van der Waals surface area contributed by atoms with E-state index < -0.39 is 5.60 Å². The van der Waals surface area contributed by atoms with E-state index in [1.54, 1.807) is 0 Å². The van der Waals surface area contributed by atoms with Gasteiger partial charge in [-0.25, -0.2) is 14.8 Å². The highest BCUT2D eigenvalue weighted by molar-refractivity contribution is 5.68. The molecule has 6 heteroatoms. The van der Waals surface area contributed by atoms with Crippen LogP contribution in [0.4, 0.5) is 4.79 Å². The number of rotatable bonds is 3. The number of ether oxygens (including phenoxy) is 1. The summed E-state index contributed by atoms with van der Waals surface area (Å²) in [5, 5.41) is 3.53. The molecule has 0 unspecified atom stereocenters. The smallest absolute Gasteiger partial charge is 0.410 e. The van der Waals surface area contributed by atoms with Crippen LogP contribution < -0.4 is 5.32 Å². The molecule has 6 nitrogen and oxygen atoms in total. The van der Waals surface area contributed by atoms with Crippen molar-refractivity contribution in [2.24, 2.45) is 0 Å². The molecule has 0 bridgehead atoms. The van der Waals surface area contributed by atoms with Crippen molar-refractivity contribution in [2.45, 2.75) is 58.2 Å². The molecule has 1 aliphatic heterocycles. The summed E-state index contributed by atoms with van der Waals surface area (Å²) in [6.07, 6.45) is 7.97. The molecule has 22 heavy (non-hydrogen) atoms. The lowest BCUT2D eigenvalue weighted by Gasteiger charge is -2.26. The summed E-state index contributed by atoms with van der Waals surface area (Å²) in [5.41, 5.74) is 0.643. The Bertz CT molecular complexity index is 473. The van der Waals surface area contributed by atoms with E-state index in [0.29, 0.717) is 6.04 Å². The van der Waals surface area contributed by atoms with Crippen LogP contribution in [-0.2, 0) is 11.3 Å². The van der Waals surface area contributed by atoms with E-state index in [4.69, 9.17) is 4.74 Å². The van der Waals surface area contributed by atoms with Crippen LogP contribution in [0.15, 0.2) is 18.7 Å². The summed E-state index contributed by atoms with van der Waals surface area (Å²) in [4.78, 5) is 22.0. The Kier molecular flexibility index (Phi) is 5.71. The lowest BCUT2D eigenvalue weighted by molar-refractivity contribution is 0.0256. The maximum atomic E-state index is 12.1. The first-order chi connectivity index (χ1) is 10.4. The second-order valence-corrected chi connectivity index (χ2v) is 6.72. The van der Waals surface area contributed by atoms with Gasteiger partial charge in [-0.15, -0.1) is 0 Å². The molecule has 0 radical (unpaired) electrons. The topological polar surface area (TPSA) is 67.3 Å². The van der Waals surface area contributed by atoms with Crippen LogP contribution in [0.25, 0.3) is 0 Å². The van der Waals surface area contributed by atoms with Gasteiger partial charge in [-0.1, -0.05) is 0 Å². The number of amides is 1. The fraction of sp³-hybridized carbons (Fsp3) is 0.688. The largest absolute Gasteiger partial charge is 0.444 e. The molecular formula is C16H26N4O2. The summed E-state index contributed by atoms with van der Waals surface area (Å²) < 4.78 is 5.45. The number of nitrogens with zero attached hydrogens (tertiary/aromatic N) is 3. The van der Waals surface area contributed by atoms with Gasteiger partial charge in [0.05, 0.1) is 0 Å². The van der Waals surface area contributed by atoms with E-state index in [1.165, 1.54) is 6.33 Å². The Morgan fingerprint density at radius 2 is 2.05 bits per heavy atom. The van der Waals surface area contributed by atoms with E-state index in [0.717, 1.165) is 44.5 Å². The van der Waals surface area contributed by atoms with Gasteiger partial charge >= 0.3 is 6.09 Å². The molecule has 1 amide bonds. The van der Waals surface area contributed by atoms with Gasteiger partial charge < -0.3 is 15.0 Å². The summed E-state index contributed by atoms with van der Waals surface area (Å²) in [7, 11) is 0. The molecule has 1 aromatic heterocycles. The zero-order valence-electron chi connectivity index (χ0n) is 13.7. The average molecular weight is 306 g/mol. The van der Waals surface area contributed by atoms with Gasteiger partial charge in [0.25, 0.3) is 0 Å². The Hall–Kier alpha value is -1.69. The Balaban J connectivity index is 1.78. The zero-order chi connectivity index (χ0) is 16.0. The molecule has 1 atom stereocenters. The maximum absolute atomic E-state index is 12.1. The fourth-order valence-corrected chi connectivity index (χ4v) is 2.49. The van der Waals surface area contributed by atoms with E-state index in [9.17, 15) is 4.79 Å². The van der Waals surface area contributed by atoms with E-state index in [1.807, 2.05) is 38.1 Å². The van der Waals surface area contributed by atoms with Crippen molar-refractivity contribution in [3.63, 3.8) is 0 Å². The van der Waals surface area contributed by atoms with Crippen molar-refractivity contribution in [3.05, 3.63) is 24.3 Å². The molecule has 2 heterocycles. The molecule has 1 fully saturated rings. The SMILES string of the molecule is CC(C)(C)OC(=O)N1CCC[C@H](NCc2cncnc2)CC1. The van der Waals surface area contributed by atoms with Crippen LogP contribution in [0.2, 0.25) is 0 Å². The minimum atomic E-state index is -0.436. The van der Waals surface area contributed by atoms with Crippen LogP contribution in [-0.4, -0.2) is 45.7 Å². The summed E-state index contributed by atoms with van der Waals surface area (Å²) in [6.45, 7) is 7.95. The van der Waals surface area contributed by atoms with E-state index in [-0.39, 0.29) is 6.09 Å². The van der Waals surface area contributed by atoms with Crippen LogP contribution in [0.5, 0.6) is 0 Å². The minimum absolute atomic E-state index is 0.204. The van der Waals surface area contributed by atoms with Crippen molar-refractivity contribution < 1.29 is 9.53 Å². The predicted octanol–water partition coefficient (Wildman–Crippen LogP) is 2.36. The van der Waals surface area contributed by atoms with Crippen molar-refractivity contribution in [2.75, 3.05) is 13.1 Å². The monoisotopic (exact) mass is 306 g/mol. The molecule has 1 saturated heterocycles.